The molecule has 6 heteroatoms. The molecule has 104 valence electrons. The Morgan fingerprint density at radius 3 is 2.55 bits per heavy atom. The maximum Gasteiger partial charge on any atom is 0.348 e. The molecule has 0 saturated carbocycles. The molecule has 0 aliphatic rings. The zero-order valence-corrected chi connectivity index (χ0v) is 11.8. The van der Waals surface area contributed by atoms with E-state index in [-0.39, 0.29) is 10.7 Å². The van der Waals surface area contributed by atoms with E-state index in [0.717, 1.165) is 21.8 Å². The molecule has 20 heavy (non-hydrogen) atoms. The normalized spacial score (nSPS) is 10.9. The van der Waals surface area contributed by atoms with Gasteiger partial charge in [0.1, 0.15) is 10.7 Å². The third kappa shape index (κ3) is 3.21. The number of aliphatic imine (C=N–C) groups is 1. The van der Waals surface area contributed by atoms with Gasteiger partial charge >= 0.3 is 5.97 Å². The molecule has 0 fully saturated rings. The second kappa shape index (κ2) is 5.83. The Labute approximate surface area is 119 Å². The van der Waals surface area contributed by atoms with Crippen molar-refractivity contribution < 1.29 is 14.3 Å². The number of halogens is 1. The van der Waals surface area contributed by atoms with Crippen molar-refractivity contribution in [2.45, 2.75) is 0 Å². The topological polar surface area (TPSA) is 52.9 Å². The minimum atomic E-state index is -1.02. The lowest BCUT2D eigenvalue weighted by Gasteiger charge is -2.01. The average molecular weight is 292 g/mol. The van der Waals surface area contributed by atoms with E-state index in [4.69, 9.17) is 0 Å². The van der Waals surface area contributed by atoms with Gasteiger partial charge < -0.3 is 10.0 Å². The predicted molar refractivity (Wildman–Crippen MR) is 78.5 cm³/mol. The van der Waals surface area contributed by atoms with Gasteiger partial charge in [-0.05, 0) is 23.8 Å². The van der Waals surface area contributed by atoms with Crippen molar-refractivity contribution in [2.24, 2.45) is 4.99 Å². The van der Waals surface area contributed by atoms with Crippen molar-refractivity contribution in [3.05, 3.63) is 41.0 Å². The summed E-state index contributed by atoms with van der Waals surface area (Å²) in [6.07, 6.45) is 1.54. The Hall–Kier alpha value is -2.21. The smallest absolute Gasteiger partial charge is 0.348 e. The lowest BCUT2D eigenvalue weighted by Crippen LogP contribution is -2.07. The first kappa shape index (κ1) is 14.2. The second-order valence-electron chi connectivity index (χ2n) is 4.35. The number of hydrogen-bond acceptors (Lipinski definition) is 3. The first-order valence-electron chi connectivity index (χ1n) is 5.81. The number of carbonyl (C=O) groups is 1. The lowest BCUT2D eigenvalue weighted by atomic mass is 10.2. The zero-order chi connectivity index (χ0) is 14.7. The Bertz CT molecular complexity index is 648. The Morgan fingerprint density at radius 1 is 1.35 bits per heavy atom. The fourth-order valence-corrected chi connectivity index (χ4v) is 2.51. The number of nitrogens with zero attached hydrogens (tertiary/aromatic N) is 2. The van der Waals surface area contributed by atoms with Crippen LogP contribution in [0.4, 0.5) is 10.1 Å². The highest BCUT2D eigenvalue weighted by Gasteiger charge is 2.15. The Morgan fingerprint density at radius 2 is 2.00 bits per heavy atom. The summed E-state index contributed by atoms with van der Waals surface area (Å²) in [5.41, 5.74) is 1.17. The zero-order valence-electron chi connectivity index (χ0n) is 11.0. The number of hydrogen-bond donors (Lipinski definition) is 1. The molecule has 1 aromatic heterocycles. The van der Waals surface area contributed by atoms with E-state index in [9.17, 15) is 14.3 Å². The minimum absolute atomic E-state index is 0.169. The van der Waals surface area contributed by atoms with Gasteiger partial charge in [0.25, 0.3) is 0 Å². The van der Waals surface area contributed by atoms with E-state index in [1.165, 1.54) is 12.1 Å². The first-order valence-corrected chi connectivity index (χ1v) is 6.62. The average Bonchev–Trinajstić information content (AvgIpc) is 2.81. The molecular weight excluding hydrogens is 279 g/mol. The van der Waals surface area contributed by atoms with Crippen molar-refractivity contribution in [2.75, 3.05) is 14.1 Å². The molecule has 0 aliphatic heterocycles. The number of carboxylic acid groups (broad SMARTS) is 1. The third-order valence-corrected chi connectivity index (χ3v) is 3.62. The van der Waals surface area contributed by atoms with Gasteiger partial charge in [-0.15, -0.1) is 11.3 Å². The minimum Gasteiger partial charge on any atom is -0.477 e. The summed E-state index contributed by atoms with van der Waals surface area (Å²) in [6.45, 7) is 0. The van der Waals surface area contributed by atoms with Crippen LogP contribution in [0.3, 0.4) is 0 Å². The third-order valence-electron chi connectivity index (χ3n) is 2.46. The number of benzene rings is 1. The molecule has 2 aromatic rings. The van der Waals surface area contributed by atoms with Crippen LogP contribution in [0.1, 0.15) is 9.67 Å². The highest BCUT2D eigenvalue weighted by atomic mass is 32.1. The van der Waals surface area contributed by atoms with Crippen LogP contribution in [0, 0.1) is 5.82 Å². The monoisotopic (exact) mass is 292 g/mol. The molecule has 2 rings (SSSR count). The van der Waals surface area contributed by atoms with Crippen molar-refractivity contribution >= 4 is 29.3 Å². The summed E-state index contributed by atoms with van der Waals surface area (Å²) in [5.74, 6) is -1.34. The van der Waals surface area contributed by atoms with Gasteiger partial charge in [0, 0.05) is 19.0 Å². The van der Waals surface area contributed by atoms with Crippen LogP contribution >= 0.6 is 11.3 Å². The maximum atomic E-state index is 12.9. The molecule has 1 aromatic carbocycles. The molecule has 4 nitrogen and oxygen atoms in total. The summed E-state index contributed by atoms with van der Waals surface area (Å²) in [6, 6.07) is 7.62. The summed E-state index contributed by atoms with van der Waals surface area (Å²) in [4.78, 5) is 18.0. The molecule has 1 N–H and O–H groups in total. The van der Waals surface area contributed by atoms with Crippen LogP contribution in [-0.2, 0) is 0 Å². The molecule has 0 saturated heterocycles. The van der Waals surface area contributed by atoms with Gasteiger partial charge in [0.2, 0.25) is 0 Å². The fraction of sp³-hybridized carbons (Fsp3) is 0.143. The summed E-state index contributed by atoms with van der Waals surface area (Å²) >= 11 is 1.12. The number of aromatic carboxylic acids is 1. The quantitative estimate of drug-likeness (QED) is 0.693. The first-order chi connectivity index (χ1) is 9.47. The lowest BCUT2D eigenvalue weighted by molar-refractivity contribution is 0.0703. The van der Waals surface area contributed by atoms with Crippen LogP contribution < -0.4 is 0 Å². The number of carboxylic acids is 1. The highest BCUT2D eigenvalue weighted by molar-refractivity contribution is 7.17. The van der Waals surface area contributed by atoms with Gasteiger partial charge in [-0.1, -0.05) is 12.1 Å². The molecular formula is C14H13FN2O2S. The Balaban J connectivity index is 2.43. The summed E-state index contributed by atoms with van der Waals surface area (Å²) < 4.78 is 12.9. The van der Waals surface area contributed by atoms with Crippen LogP contribution in [0.5, 0.6) is 0 Å². The molecule has 1 heterocycles. The SMILES string of the molecule is CN(C)C=Nc1cc(-c2ccc(F)cc2)sc1C(=O)O. The standard InChI is InChI=1S/C14H13FN2O2S/c1-17(2)8-16-11-7-12(20-13(11)14(18)19)9-3-5-10(15)6-4-9/h3-8H,1-2H3,(H,18,19). The maximum absolute atomic E-state index is 12.9. The Kier molecular flexibility index (Phi) is 4.14. The van der Waals surface area contributed by atoms with Crippen LogP contribution in [0.25, 0.3) is 10.4 Å². The van der Waals surface area contributed by atoms with E-state index in [1.54, 1.807) is 43.5 Å². The van der Waals surface area contributed by atoms with Gasteiger partial charge in [-0.3, -0.25) is 0 Å². The van der Waals surface area contributed by atoms with Crippen molar-refractivity contribution in [3.63, 3.8) is 0 Å². The van der Waals surface area contributed by atoms with Crippen LogP contribution in [0.15, 0.2) is 35.3 Å². The number of rotatable bonds is 4. The van der Waals surface area contributed by atoms with Crippen molar-refractivity contribution in [1.82, 2.24) is 4.90 Å². The van der Waals surface area contributed by atoms with Crippen molar-refractivity contribution in [3.8, 4) is 10.4 Å². The highest BCUT2D eigenvalue weighted by Crippen LogP contribution is 2.36. The molecule has 0 aliphatic carbocycles. The molecule has 0 bridgehead atoms. The summed E-state index contributed by atoms with van der Waals surface area (Å²) in [5, 5.41) is 9.20. The van der Waals surface area contributed by atoms with E-state index in [2.05, 4.69) is 4.99 Å². The summed E-state index contributed by atoms with van der Waals surface area (Å²) in [7, 11) is 3.61. The molecule has 0 atom stereocenters. The van der Waals surface area contributed by atoms with Gasteiger partial charge in [0.15, 0.2) is 0 Å². The van der Waals surface area contributed by atoms with E-state index < -0.39 is 5.97 Å². The predicted octanol–water partition coefficient (Wildman–Crippen LogP) is 3.47. The van der Waals surface area contributed by atoms with Crippen molar-refractivity contribution in [1.29, 1.82) is 0 Å². The number of thiophene rings is 1. The van der Waals surface area contributed by atoms with Gasteiger partial charge in [-0.2, -0.15) is 0 Å². The largest absolute Gasteiger partial charge is 0.477 e. The molecule has 0 unspecified atom stereocenters. The van der Waals surface area contributed by atoms with E-state index >= 15 is 0 Å². The second-order valence-corrected chi connectivity index (χ2v) is 5.40. The molecule has 0 radical (unpaired) electrons. The molecule has 0 amide bonds. The van der Waals surface area contributed by atoms with E-state index in [1.807, 2.05) is 0 Å². The van der Waals surface area contributed by atoms with Crippen LogP contribution in [-0.4, -0.2) is 36.4 Å². The fourth-order valence-electron chi connectivity index (χ4n) is 1.56. The van der Waals surface area contributed by atoms with Crippen LogP contribution in [0.2, 0.25) is 0 Å². The van der Waals surface area contributed by atoms with Gasteiger partial charge in [0.05, 0.1) is 12.0 Å². The van der Waals surface area contributed by atoms with E-state index in [0.29, 0.717) is 5.69 Å². The molecule has 0 spiro atoms. The van der Waals surface area contributed by atoms with Gasteiger partial charge in [-0.25, -0.2) is 14.2 Å².